The summed E-state index contributed by atoms with van der Waals surface area (Å²) in [6.45, 7) is 11.8. The number of hydrogen-bond donors (Lipinski definition) is 2. The molecule has 1 aromatic rings. The van der Waals surface area contributed by atoms with Gasteiger partial charge in [-0.3, -0.25) is 9.59 Å². The van der Waals surface area contributed by atoms with Gasteiger partial charge >= 0.3 is 0 Å². The van der Waals surface area contributed by atoms with Crippen LogP contribution in [0.25, 0.3) is 0 Å². The van der Waals surface area contributed by atoms with E-state index in [2.05, 4.69) is 19.2 Å². The summed E-state index contributed by atoms with van der Waals surface area (Å²) < 4.78 is 5.61. The van der Waals surface area contributed by atoms with Crippen molar-refractivity contribution < 1.29 is 19.4 Å². The lowest BCUT2D eigenvalue weighted by molar-refractivity contribution is -0.150. The van der Waals surface area contributed by atoms with E-state index >= 15 is 0 Å². The quantitative estimate of drug-likeness (QED) is 0.620. The number of amides is 2. The number of benzene rings is 1. The smallest absolute Gasteiger partial charge is 0.258 e. The topological polar surface area (TPSA) is 78.9 Å². The van der Waals surface area contributed by atoms with Crippen LogP contribution in [0.1, 0.15) is 60.3 Å². The number of aliphatic hydroxyl groups excluding tert-OH is 1. The van der Waals surface area contributed by atoms with Gasteiger partial charge in [0, 0.05) is 25.0 Å². The summed E-state index contributed by atoms with van der Waals surface area (Å²) in [4.78, 5) is 27.5. The number of nitrogens with zero attached hydrogens (tertiary/aromatic N) is 1. The number of ether oxygens (including phenoxy) is 1. The Morgan fingerprint density at radius 2 is 1.82 bits per heavy atom. The van der Waals surface area contributed by atoms with Crippen molar-refractivity contribution in [2.24, 2.45) is 29.1 Å². The van der Waals surface area contributed by atoms with E-state index in [9.17, 15) is 14.7 Å². The summed E-state index contributed by atoms with van der Waals surface area (Å²) in [6.07, 6.45) is 3.20. The molecule has 0 unspecified atom stereocenters. The molecule has 0 spiro atoms. The van der Waals surface area contributed by atoms with Gasteiger partial charge in [-0.05, 0) is 74.8 Å². The third kappa shape index (κ3) is 5.53. The van der Waals surface area contributed by atoms with Gasteiger partial charge in [-0.2, -0.15) is 0 Å². The maximum Gasteiger partial charge on any atom is 0.258 e. The molecule has 0 radical (unpaired) electrons. The molecule has 2 aliphatic carbocycles. The minimum atomic E-state index is -0.548. The molecule has 2 aliphatic rings. The Morgan fingerprint density at radius 1 is 1.18 bits per heavy atom. The van der Waals surface area contributed by atoms with Crippen LogP contribution in [0, 0.1) is 29.1 Å². The number of carbonyl (C=O) groups excluding carboxylic acids is 2. The average Bonchev–Trinajstić information content (AvgIpc) is 2.81. The molecule has 2 N–H and O–H groups in total. The Labute approximate surface area is 199 Å². The number of para-hydroxylation sites is 1. The molecule has 7 atom stereocenters. The van der Waals surface area contributed by atoms with Gasteiger partial charge in [0.1, 0.15) is 5.75 Å². The van der Waals surface area contributed by atoms with Gasteiger partial charge in [-0.25, -0.2) is 0 Å². The Morgan fingerprint density at radius 3 is 2.45 bits per heavy atom. The van der Waals surface area contributed by atoms with Crippen molar-refractivity contribution in [2.45, 2.75) is 72.4 Å². The van der Waals surface area contributed by atoms with Crippen LogP contribution in [-0.2, 0) is 9.59 Å². The summed E-state index contributed by atoms with van der Waals surface area (Å²) in [7, 11) is 0. The maximum atomic E-state index is 13.0. The molecule has 0 saturated heterocycles. The Kier molecular flexibility index (Phi) is 8.43. The monoisotopic (exact) mass is 458 g/mol. The van der Waals surface area contributed by atoms with Gasteiger partial charge in [0.2, 0.25) is 5.91 Å². The van der Waals surface area contributed by atoms with E-state index in [1.807, 2.05) is 56.0 Å². The largest absolute Gasteiger partial charge is 0.484 e. The van der Waals surface area contributed by atoms with Crippen molar-refractivity contribution >= 4 is 11.8 Å². The van der Waals surface area contributed by atoms with Gasteiger partial charge in [-0.15, -0.1) is 0 Å². The van der Waals surface area contributed by atoms with E-state index in [-0.39, 0.29) is 53.5 Å². The number of aliphatic hydroxyl groups is 1. The van der Waals surface area contributed by atoms with E-state index in [4.69, 9.17) is 4.74 Å². The summed E-state index contributed by atoms with van der Waals surface area (Å²) in [5.74, 6) is 0.607. The minimum absolute atomic E-state index is 0.00265. The first kappa shape index (κ1) is 25.5. The first-order valence-electron chi connectivity index (χ1n) is 12.7. The van der Waals surface area contributed by atoms with Crippen molar-refractivity contribution in [3.8, 4) is 5.75 Å². The summed E-state index contributed by atoms with van der Waals surface area (Å²) in [5, 5.41) is 14.7. The van der Waals surface area contributed by atoms with E-state index in [1.54, 1.807) is 0 Å². The molecular weight excluding hydrogens is 416 g/mol. The molecule has 2 fully saturated rings. The Balaban J connectivity index is 1.65. The summed E-state index contributed by atoms with van der Waals surface area (Å²) in [6, 6.07) is 9.33. The van der Waals surface area contributed by atoms with Crippen molar-refractivity contribution in [3.63, 3.8) is 0 Å². The Bertz CT molecular complexity index is 797. The molecule has 1 aromatic carbocycles. The highest BCUT2D eigenvalue weighted by Crippen LogP contribution is 2.55. The third-order valence-corrected chi connectivity index (χ3v) is 8.45. The van der Waals surface area contributed by atoms with E-state index in [0.29, 0.717) is 18.8 Å². The average molecular weight is 459 g/mol. The first-order chi connectivity index (χ1) is 15.7. The predicted octanol–water partition coefficient (Wildman–Crippen LogP) is 3.88. The zero-order valence-electron chi connectivity index (χ0n) is 20.9. The standard InChI is InChI=1S/C27H42N2O4/c1-6-29(7-2)26(32)18(3)21-13-15-27(5)16-14-22(19(4)24(27)25(21)31)28-23(30)17-33-20-11-9-8-10-12-20/h8-12,18-19,21-22,24-25,31H,6-7,13-17H2,1-5H3,(H,28,30)/t18-,19+,21-,22-,24+,25-,27+/m0/s1. The van der Waals surface area contributed by atoms with Crippen LogP contribution >= 0.6 is 0 Å². The summed E-state index contributed by atoms with van der Waals surface area (Å²) in [5.41, 5.74) is 0.0368. The van der Waals surface area contributed by atoms with Gasteiger partial charge in [0.05, 0.1) is 6.10 Å². The lowest BCUT2D eigenvalue weighted by Crippen LogP contribution is -2.59. The molecule has 184 valence electrons. The van der Waals surface area contributed by atoms with E-state index in [1.165, 1.54) is 0 Å². The SMILES string of the molecule is CCN(CC)C(=O)[C@@H](C)[C@@H]1CC[C@]2(C)CC[C@H](NC(=O)COc3ccccc3)[C@@H](C)[C@@H]2[C@H]1O. The molecule has 33 heavy (non-hydrogen) atoms. The van der Waals surface area contributed by atoms with Crippen molar-refractivity contribution in [2.75, 3.05) is 19.7 Å². The molecule has 0 aromatic heterocycles. The zero-order chi connectivity index (χ0) is 24.2. The number of fused-ring (bicyclic) bond motifs is 1. The molecular formula is C27H42N2O4. The molecule has 3 rings (SSSR count). The number of carbonyl (C=O) groups is 2. The fourth-order valence-corrected chi connectivity index (χ4v) is 6.42. The highest BCUT2D eigenvalue weighted by Gasteiger charge is 2.54. The normalized spacial score (nSPS) is 32.4. The van der Waals surface area contributed by atoms with Crippen molar-refractivity contribution in [1.29, 1.82) is 0 Å². The van der Waals surface area contributed by atoms with Crippen LogP contribution in [0.3, 0.4) is 0 Å². The molecule has 2 amide bonds. The van der Waals surface area contributed by atoms with E-state index < -0.39 is 6.10 Å². The van der Waals surface area contributed by atoms with Crippen LogP contribution < -0.4 is 10.1 Å². The second kappa shape index (κ2) is 10.9. The molecule has 6 nitrogen and oxygen atoms in total. The van der Waals surface area contributed by atoms with E-state index in [0.717, 1.165) is 25.7 Å². The van der Waals surface area contributed by atoms with Crippen molar-refractivity contribution in [3.05, 3.63) is 30.3 Å². The molecule has 0 aliphatic heterocycles. The van der Waals surface area contributed by atoms with Gasteiger partial charge < -0.3 is 20.1 Å². The molecule has 0 bridgehead atoms. The number of nitrogens with one attached hydrogen (secondary N) is 1. The van der Waals surface area contributed by atoms with Crippen LogP contribution in [0.15, 0.2) is 30.3 Å². The number of hydrogen-bond acceptors (Lipinski definition) is 4. The maximum absolute atomic E-state index is 13.0. The Hall–Kier alpha value is -2.08. The second-order valence-electron chi connectivity index (χ2n) is 10.3. The van der Waals surface area contributed by atoms with Gasteiger partial charge in [0.15, 0.2) is 6.61 Å². The third-order valence-electron chi connectivity index (χ3n) is 8.45. The van der Waals surface area contributed by atoms with Crippen LogP contribution in [-0.4, -0.2) is 53.7 Å². The second-order valence-corrected chi connectivity index (χ2v) is 10.3. The highest BCUT2D eigenvalue weighted by molar-refractivity contribution is 5.79. The first-order valence-corrected chi connectivity index (χ1v) is 12.7. The fraction of sp³-hybridized carbons (Fsp3) is 0.704. The zero-order valence-corrected chi connectivity index (χ0v) is 20.9. The predicted molar refractivity (Wildman–Crippen MR) is 130 cm³/mol. The van der Waals surface area contributed by atoms with Crippen LogP contribution in [0.5, 0.6) is 5.75 Å². The molecule has 6 heteroatoms. The van der Waals surface area contributed by atoms with Gasteiger partial charge in [-0.1, -0.05) is 39.0 Å². The molecule has 2 saturated carbocycles. The lowest BCUT2D eigenvalue weighted by Gasteiger charge is -2.56. The highest BCUT2D eigenvalue weighted by atomic mass is 16.5. The molecule has 0 heterocycles. The lowest BCUT2D eigenvalue weighted by atomic mass is 9.51. The number of rotatable bonds is 8. The van der Waals surface area contributed by atoms with Crippen LogP contribution in [0.4, 0.5) is 0 Å². The minimum Gasteiger partial charge on any atom is -0.484 e. The summed E-state index contributed by atoms with van der Waals surface area (Å²) >= 11 is 0. The van der Waals surface area contributed by atoms with Crippen LogP contribution in [0.2, 0.25) is 0 Å². The van der Waals surface area contributed by atoms with Crippen molar-refractivity contribution in [1.82, 2.24) is 10.2 Å². The fourth-order valence-electron chi connectivity index (χ4n) is 6.42. The van der Waals surface area contributed by atoms with Gasteiger partial charge in [0.25, 0.3) is 5.91 Å².